The molecule has 0 aromatic heterocycles. The van der Waals surface area contributed by atoms with Gasteiger partial charge in [0.05, 0.1) is 26.3 Å². The number of carboxylic acid groups (broad SMARTS) is 1. The van der Waals surface area contributed by atoms with Crippen LogP contribution in [0, 0.1) is 3.57 Å². The van der Waals surface area contributed by atoms with Crippen molar-refractivity contribution in [1.82, 2.24) is 4.90 Å². The number of carbonyl (C=O) groups is 2. The van der Waals surface area contributed by atoms with Crippen molar-refractivity contribution >= 4 is 73.9 Å². The molecule has 1 N–H and O–H groups in total. The molecule has 0 aliphatic carbocycles. The standard InChI is InChI=1S/C31H25IN2O5S/c1-3-38-26-16-19(15-25(32)28(26)39-18-22-9-6-8-20-7-4-5-10-24(20)22)17-27-29(35)34(2)31(40-27)33-23-13-11-21(12-14-23)30(36)37/h4-17H,3,18H2,1-2H3,(H,36,37). The highest BCUT2D eigenvalue weighted by Crippen LogP contribution is 2.38. The summed E-state index contributed by atoms with van der Waals surface area (Å²) in [5.41, 5.74) is 2.64. The summed E-state index contributed by atoms with van der Waals surface area (Å²) in [5.74, 6) is 0.0953. The first-order chi connectivity index (χ1) is 19.3. The number of amidine groups is 1. The third-order valence-corrected chi connectivity index (χ3v) is 8.09. The summed E-state index contributed by atoms with van der Waals surface area (Å²) < 4.78 is 13.1. The molecule has 0 saturated carbocycles. The van der Waals surface area contributed by atoms with Crippen molar-refractivity contribution in [2.75, 3.05) is 13.7 Å². The predicted molar refractivity (Wildman–Crippen MR) is 167 cm³/mol. The van der Waals surface area contributed by atoms with Crippen molar-refractivity contribution in [3.05, 3.63) is 104 Å². The minimum Gasteiger partial charge on any atom is -0.490 e. The Bertz CT molecular complexity index is 1660. The Morgan fingerprint density at radius 1 is 1.05 bits per heavy atom. The number of carboxylic acids is 1. The van der Waals surface area contributed by atoms with Crippen LogP contribution in [0.25, 0.3) is 16.8 Å². The molecule has 202 valence electrons. The molecule has 1 aliphatic rings. The van der Waals surface area contributed by atoms with E-state index in [0.717, 1.165) is 25.5 Å². The van der Waals surface area contributed by atoms with Crippen LogP contribution in [0.15, 0.2) is 88.8 Å². The molecule has 1 heterocycles. The maximum absolute atomic E-state index is 13.0. The fourth-order valence-corrected chi connectivity index (χ4v) is 6.00. The molecule has 0 unspecified atom stereocenters. The van der Waals surface area contributed by atoms with Gasteiger partial charge in [-0.25, -0.2) is 9.79 Å². The number of amides is 1. The van der Waals surface area contributed by atoms with E-state index in [1.807, 2.05) is 43.3 Å². The fourth-order valence-electron chi connectivity index (χ4n) is 4.23. The Kier molecular flexibility index (Phi) is 8.41. The average Bonchev–Trinajstić information content (AvgIpc) is 3.20. The summed E-state index contributed by atoms with van der Waals surface area (Å²) in [4.78, 5) is 30.7. The van der Waals surface area contributed by atoms with Gasteiger partial charge >= 0.3 is 5.97 Å². The van der Waals surface area contributed by atoms with E-state index in [9.17, 15) is 9.59 Å². The molecule has 0 spiro atoms. The summed E-state index contributed by atoms with van der Waals surface area (Å²) >= 11 is 3.49. The van der Waals surface area contributed by atoms with Crippen LogP contribution in [0.3, 0.4) is 0 Å². The Morgan fingerprint density at radius 2 is 1.80 bits per heavy atom. The molecule has 40 heavy (non-hydrogen) atoms. The van der Waals surface area contributed by atoms with Gasteiger partial charge in [-0.2, -0.15) is 0 Å². The quantitative estimate of drug-likeness (QED) is 0.157. The van der Waals surface area contributed by atoms with Crippen LogP contribution in [0.2, 0.25) is 0 Å². The molecule has 1 fully saturated rings. The summed E-state index contributed by atoms with van der Waals surface area (Å²) in [7, 11) is 1.67. The molecular weight excluding hydrogens is 639 g/mol. The van der Waals surface area contributed by atoms with Gasteiger partial charge in [0.1, 0.15) is 6.61 Å². The second kappa shape index (κ2) is 12.1. The number of hydrogen-bond acceptors (Lipinski definition) is 6. The molecule has 9 heteroatoms. The number of ether oxygens (including phenoxy) is 2. The van der Waals surface area contributed by atoms with E-state index in [1.54, 1.807) is 19.2 Å². The molecular formula is C31H25IN2O5S. The van der Waals surface area contributed by atoms with Gasteiger partial charge in [-0.1, -0.05) is 42.5 Å². The smallest absolute Gasteiger partial charge is 0.335 e. The van der Waals surface area contributed by atoms with E-state index in [1.165, 1.54) is 28.8 Å². The number of fused-ring (bicyclic) bond motifs is 1. The number of aromatic carboxylic acids is 1. The molecule has 4 aromatic carbocycles. The Labute approximate surface area is 249 Å². The number of thioether (sulfide) groups is 1. The normalized spacial score (nSPS) is 15.3. The maximum Gasteiger partial charge on any atom is 0.335 e. The Morgan fingerprint density at radius 3 is 2.55 bits per heavy atom. The van der Waals surface area contributed by atoms with Crippen molar-refractivity contribution < 1.29 is 24.2 Å². The van der Waals surface area contributed by atoms with Crippen LogP contribution >= 0.6 is 34.4 Å². The van der Waals surface area contributed by atoms with Gasteiger partial charge in [-0.05, 0) is 106 Å². The minimum absolute atomic E-state index is 0.171. The molecule has 7 nitrogen and oxygen atoms in total. The molecule has 1 amide bonds. The Balaban J connectivity index is 1.39. The van der Waals surface area contributed by atoms with Gasteiger partial charge < -0.3 is 14.6 Å². The highest BCUT2D eigenvalue weighted by atomic mass is 127. The fraction of sp³-hybridized carbons (Fsp3) is 0.129. The monoisotopic (exact) mass is 664 g/mol. The first kappa shape index (κ1) is 27.7. The van der Waals surface area contributed by atoms with Gasteiger partial charge in [-0.15, -0.1) is 0 Å². The van der Waals surface area contributed by atoms with E-state index in [4.69, 9.17) is 14.6 Å². The van der Waals surface area contributed by atoms with E-state index in [-0.39, 0.29) is 11.5 Å². The minimum atomic E-state index is -1.00. The van der Waals surface area contributed by atoms with Crippen LogP contribution in [0.5, 0.6) is 11.5 Å². The van der Waals surface area contributed by atoms with Crippen molar-refractivity contribution in [2.24, 2.45) is 4.99 Å². The van der Waals surface area contributed by atoms with Crippen LogP contribution in [0.4, 0.5) is 5.69 Å². The van der Waals surface area contributed by atoms with Crippen molar-refractivity contribution in [2.45, 2.75) is 13.5 Å². The Hall–Kier alpha value is -3.83. The second-order valence-electron chi connectivity index (χ2n) is 8.91. The average molecular weight is 665 g/mol. The van der Waals surface area contributed by atoms with Gasteiger partial charge in [0.15, 0.2) is 16.7 Å². The van der Waals surface area contributed by atoms with E-state index < -0.39 is 5.97 Å². The SMILES string of the molecule is CCOc1cc(C=C2SC(=Nc3ccc(C(=O)O)cc3)N(C)C2=O)cc(I)c1OCc1cccc2ccccc12. The summed E-state index contributed by atoms with van der Waals surface area (Å²) in [6.07, 6.45) is 1.82. The third kappa shape index (κ3) is 6.00. The number of halogens is 1. The lowest BCUT2D eigenvalue weighted by Gasteiger charge is -2.16. The zero-order valence-electron chi connectivity index (χ0n) is 21.8. The largest absolute Gasteiger partial charge is 0.490 e. The van der Waals surface area contributed by atoms with Crippen molar-refractivity contribution in [3.63, 3.8) is 0 Å². The molecule has 5 rings (SSSR count). The zero-order valence-corrected chi connectivity index (χ0v) is 24.7. The van der Waals surface area contributed by atoms with Gasteiger partial charge in [0.25, 0.3) is 5.91 Å². The molecule has 0 radical (unpaired) electrons. The number of hydrogen-bond donors (Lipinski definition) is 1. The lowest BCUT2D eigenvalue weighted by atomic mass is 10.1. The number of rotatable bonds is 8. The first-order valence-corrected chi connectivity index (χ1v) is 14.4. The van der Waals surface area contributed by atoms with E-state index >= 15 is 0 Å². The highest BCUT2D eigenvalue weighted by molar-refractivity contribution is 14.1. The molecule has 0 atom stereocenters. The predicted octanol–water partition coefficient (Wildman–Crippen LogP) is 7.35. The topological polar surface area (TPSA) is 88.4 Å². The summed E-state index contributed by atoms with van der Waals surface area (Å²) in [6, 6.07) is 24.4. The maximum atomic E-state index is 13.0. The van der Waals surface area contributed by atoms with Gasteiger partial charge in [0.2, 0.25) is 0 Å². The number of likely N-dealkylation sites (N-methyl/N-ethyl adjacent to an activating group) is 1. The van der Waals surface area contributed by atoms with E-state index in [0.29, 0.717) is 40.5 Å². The first-order valence-electron chi connectivity index (χ1n) is 12.5. The summed E-state index contributed by atoms with van der Waals surface area (Å²) in [5, 5.41) is 11.9. The lowest BCUT2D eigenvalue weighted by molar-refractivity contribution is -0.121. The highest BCUT2D eigenvalue weighted by Gasteiger charge is 2.30. The molecule has 4 aromatic rings. The lowest BCUT2D eigenvalue weighted by Crippen LogP contribution is -2.23. The van der Waals surface area contributed by atoms with Crippen LogP contribution < -0.4 is 9.47 Å². The zero-order chi connectivity index (χ0) is 28.2. The summed E-state index contributed by atoms with van der Waals surface area (Å²) in [6.45, 7) is 2.78. The van der Waals surface area contributed by atoms with Crippen molar-refractivity contribution in [3.8, 4) is 11.5 Å². The molecule has 1 saturated heterocycles. The molecule has 1 aliphatic heterocycles. The number of carbonyl (C=O) groups excluding carboxylic acids is 1. The number of benzene rings is 4. The van der Waals surface area contributed by atoms with Gasteiger partial charge in [-0.3, -0.25) is 9.69 Å². The number of aliphatic imine (C=N–C) groups is 1. The van der Waals surface area contributed by atoms with Crippen LogP contribution in [0.1, 0.15) is 28.4 Å². The number of nitrogens with zero attached hydrogens (tertiary/aromatic N) is 2. The van der Waals surface area contributed by atoms with Crippen LogP contribution in [-0.2, 0) is 11.4 Å². The van der Waals surface area contributed by atoms with Crippen LogP contribution in [-0.4, -0.2) is 40.7 Å². The van der Waals surface area contributed by atoms with Crippen molar-refractivity contribution in [1.29, 1.82) is 0 Å². The van der Waals surface area contributed by atoms with Gasteiger partial charge in [0, 0.05) is 7.05 Å². The second-order valence-corrected chi connectivity index (χ2v) is 11.1. The molecule has 0 bridgehead atoms. The third-order valence-electron chi connectivity index (χ3n) is 6.22. The van der Waals surface area contributed by atoms with E-state index in [2.05, 4.69) is 51.8 Å².